The van der Waals surface area contributed by atoms with Gasteiger partial charge in [-0.05, 0) is 6.42 Å². The van der Waals surface area contributed by atoms with Crippen LogP contribution in [0.5, 0.6) is 0 Å². The smallest absolute Gasteiger partial charge is 0.411 e. The van der Waals surface area contributed by atoms with E-state index in [1.54, 1.807) is 0 Å². The summed E-state index contributed by atoms with van der Waals surface area (Å²) in [5.74, 6) is -2.00. The van der Waals surface area contributed by atoms with E-state index in [0.717, 1.165) is 0 Å². The second-order valence-corrected chi connectivity index (χ2v) is 3.80. The average Bonchev–Trinajstić information content (AvgIpc) is 2.22. The van der Waals surface area contributed by atoms with Crippen LogP contribution < -0.4 is 5.32 Å². The molecule has 0 aliphatic rings. The third kappa shape index (κ3) is 9.88. The number of amides is 1. The summed E-state index contributed by atoms with van der Waals surface area (Å²) in [6, 6.07) is 0. The molecule has 0 bridgehead atoms. The summed E-state index contributed by atoms with van der Waals surface area (Å²) < 4.78 is 39.3. The normalized spacial score (nSPS) is 13.1. The van der Waals surface area contributed by atoms with Crippen molar-refractivity contribution in [3.8, 4) is 0 Å². The quantitative estimate of drug-likeness (QED) is 0.650. The third-order valence-electron chi connectivity index (χ3n) is 2.06. The van der Waals surface area contributed by atoms with Crippen LogP contribution in [0.15, 0.2) is 0 Å². The van der Waals surface area contributed by atoms with Crippen LogP contribution in [-0.4, -0.2) is 42.9 Å². The van der Waals surface area contributed by atoms with E-state index in [2.05, 4.69) is 10.1 Å². The highest BCUT2D eigenvalue weighted by atomic mass is 19.4. The molecular formula is C10H16F3NO4. The third-order valence-corrected chi connectivity index (χ3v) is 2.06. The lowest BCUT2D eigenvalue weighted by Crippen LogP contribution is -2.28. The van der Waals surface area contributed by atoms with Crippen LogP contribution in [0.3, 0.4) is 0 Å². The van der Waals surface area contributed by atoms with E-state index >= 15 is 0 Å². The Morgan fingerprint density at radius 3 is 2.50 bits per heavy atom. The van der Waals surface area contributed by atoms with E-state index in [9.17, 15) is 22.8 Å². The molecule has 1 unspecified atom stereocenters. The number of ether oxygens (including phenoxy) is 1. The summed E-state index contributed by atoms with van der Waals surface area (Å²) >= 11 is 0. The predicted octanol–water partition coefficient (Wildman–Crippen LogP) is 1.18. The van der Waals surface area contributed by atoms with Gasteiger partial charge in [0, 0.05) is 13.0 Å². The van der Waals surface area contributed by atoms with E-state index in [1.165, 1.54) is 6.92 Å². The van der Waals surface area contributed by atoms with Gasteiger partial charge >= 0.3 is 12.1 Å². The monoisotopic (exact) mass is 271 g/mol. The van der Waals surface area contributed by atoms with Crippen molar-refractivity contribution in [1.29, 1.82) is 0 Å². The molecule has 0 radical (unpaired) electrons. The van der Waals surface area contributed by atoms with E-state index in [4.69, 9.17) is 5.11 Å². The molecule has 0 rings (SSSR count). The zero-order chi connectivity index (χ0) is 14.2. The summed E-state index contributed by atoms with van der Waals surface area (Å²) in [7, 11) is 0. The van der Waals surface area contributed by atoms with Gasteiger partial charge in [0.2, 0.25) is 5.91 Å². The number of rotatable bonds is 8. The fourth-order valence-corrected chi connectivity index (χ4v) is 0.993. The van der Waals surface area contributed by atoms with Gasteiger partial charge in [-0.3, -0.25) is 9.59 Å². The zero-order valence-electron chi connectivity index (χ0n) is 9.92. The molecule has 106 valence electrons. The molecule has 0 spiro atoms. The van der Waals surface area contributed by atoms with Crippen molar-refractivity contribution in [2.75, 3.05) is 19.8 Å². The maximum absolute atomic E-state index is 11.7. The molecule has 1 atom stereocenters. The first kappa shape index (κ1) is 16.7. The van der Waals surface area contributed by atoms with Crippen LogP contribution in [0.25, 0.3) is 0 Å². The van der Waals surface area contributed by atoms with Crippen molar-refractivity contribution in [3.05, 3.63) is 0 Å². The number of nitrogens with one attached hydrogen (secondary N) is 1. The standard InChI is InChI=1S/C10H16F3NO4/c1-7(9(16)17)2-4-14-8(15)3-5-18-6-10(11,12)13/h7H,2-6H2,1H3,(H,14,15)(H,16,17). The minimum Gasteiger partial charge on any atom is -0.481 e. The molecule has 1 amide bonds. The fourth-order valence-electron chi connectivity index (χ4n) is 0.993. The Kier molecular flexibility index (Phi) is 7.33. The van der Waals surface area contributed by atoms with Crippen molar-refractivity contribution >= 4 is 11.9 Å². The van der Waals surface area contributed by atoms with Gasteiger partial charge in [-0.15, -0.1) is 0 Å². The highest BCUT2D eigenvalue weighted by Gasteiger charge is 2.27. The summed E-state index contributed by atoms with van der Waals surface area (Å²) in [4.78, 5) is 21.5. The van der Waals surface area contributed by atoms with Crippen LogP contribution in [0.4, 0.5) is 13.2 Å². The lowest BCUT2D eigenvalue weighted by Gasteiger charge is -2.09. The van der Waals surface area contributed by atoms with Gasteiger partial charge in [0.15, 0.2) is 0 Å². The van der Waals surface area contributed by atoms with Gasteiger partial charge in [-0.25, -0.2) is 0 Å². The van der Waals surface area contributed by atoms with Crippen molar-refractivity contribution in [2.45, 2.75) is 25.9 Å². The molecule has 0 heterocycles. The number of alkyl halides is 3. The molecule has 5 nitrogen and oxygen atoms in total. The van der Waals surface area contributed by atoms with Gasteiger partial charge in [-0.1, -0.05) is 6.92 Å². The molecule has 0 aliphatic heterocycles. The van der Waals surface area contributed by atoms with E-state index < -0.39 is 30.6 Å². The number of carbonyl (C=O) groups is 2. The molecule has 0 aromatic rings. The molecule has 0 aromatic carbocycles. The van der Waals surface area contributed by atoms with Crippen LogP contribution in [0.1, 0.15) is 19.8 Å². The number of hydrogen-bond donors (Lipinski definition) is 2. The maximum atomic E-state index is 11.7. The molecule has 18 heavy (non-hydrogen) atoms. The minimum atomic E-state index is -4.40. The lowest BCUT2D eigenvalue weighted by molar-refractivity contribution is -0.174. The molecule has 0 aliphatic carbocycles. The number of carboxylic acid groups (broad SMARTS) is 1. The molecular weight excluding hydrogens is 255 g/mol. The topological polar surface area (TPSA) is 75.6 Å². The SMILES string of the molecule is CC(CCNC(=O)CCOCC(F)(F)F)C(=O)O. The Bertz CT molecular complexity index is 281. The molecule has 2 N–H and O–H groups in total. The maximum Gasteiger partial charge on any atom is 0.411 e. The number of halogens is 3. The van der Waals surface area contributed by atoms with Crippen molar-refractivity contribution in [3.63, 3.8) is 0 Å². The second kappa shape index (κ2) is 7.91. The number of hydrogen-bond acceptors (Lipinski definition) is 3. The largest absolute Gasteiger partial charge is 0.481 e. The van der Waals surface area contributed by atoms with E-state index in [-0.39, 0.29) is 26.0 Å². The fraction of sp³-hybridized carbons (Fsp3) is 0.800. The van der Waals surface area contributed by atoms with Gasteiger partial charge in [0.05, 0.1) is 12.5 Å². The number of aliphatic carboxylic acids is 1. The Labute approximate surface area is 102 Å². The van der Waals surface area contributed by atoms with Gasteiger partial charge in [0.25, 0.3) is 0 Å². The van der Waals surface area contributed by atoms with Crippen LogP contribution in [-0.2, 0) is 14.3 Å². The first-order valence-electron chi connectivity index (χ1n) is 5.36. The summed E-state index contributed by atoms with van der Waals surface area (Å²) in [6.45, 7) is -0.0251. The molecule has 0 saturated heterocycles. The number of carboxylic acids is 1. The van der Waals surface area contributed by atoms with E-state index in [1.807, 2.05) is 0 Å². The van der Waals surface area contributed by atoms with Crippen LogP contribution in [0.2, 0.25) is 0 Å². The van der Waals surface area contributed by atoms with Gasteiger partial charge in [-0.2, -0.15) is 13.2 Å². The number of carbonyl (C=O) groups excluding carboxylic acids is 1. The Balaban J connectivity index is 3.52. The van der Waals surface area contributed by atoms with Crippen LogP contribution >= 0.6 is 0 Å². The van der Waals surface area contributed by atoms with Crippen molar-refractivity contribution in [2.24, 2.45) is 5.92 Å². The summed E-state index contributed by atoms with van der Waals surface area (Å²) in [6.07, 6.45) is -4.31. The second-order valence-electron chi connectivity index (χ2n) is 3.80. The highest BCUT2D eigenvalue weighted by molar-refractivity contribution is 5.76. The molecule has 0 aromatic heterocycles. The van der Waals surface area contributed by atoms with Gasteiger partial charge in [0.1, 0.15) is 6.61 Å². The van der Waals surface area contributed by atoms with Crippen molar-refractivity contribution < 1.29 is 32.6 Å². The Hall–Kier alpha value is -1.31. The minimum absolute atomic E-state index is 0.172. The lowest BCUT2D eigenvalue weighted by atomic mass is 10.1. The Morgan fingerprint density at radius 1 is 1.39 bits per heavy atom. The average molecular weight is 271 g/mol. The Morgan fingerprint density at radius 2 is 2.00 bits per heavy atom. The van der Waals surface area contributed by atoms with Crippen LogP contribution in [0, 0.1) is 5.92 Å². The summed E-state index contributed by atoms with van der Waals surface area (Å²) in [5.41, 5.74) is 0. The first-order chi connectivity index (χ1) is 8.22. The molecule has 8 heteroatoms. The highest BCUT2D eigenvalue weighted by Crippen LogP contribution is 2.14. The van der Waals surface area contributed by atoms with E-state index in [0.29, 0.717) is 0 Å². The summed E-state index contributed by atoms with van der Waals surface area (Å²) in [5, 5.41) is 11.0. The first-order valence-corrected chi connectivity index (χ1v) is 5.36. The molecule has 0 saturated carbocycles. The van der Waals surface area contributed by atoms with Crippen molar-refractivity contribution in [1.82, 2.24) is 5.32 Å². The zero-order valence-corrected chi connectivity index (χ0v) is 9.92. The predicted molar refractivity (Wildman–Crippen MR) is 55.9 cm³/mol. The van der Waals surface area contributed by atoms with Gasteiger partial charge < -0.3 is 15.2 Å². The molecule has 0 fully saturated rings.